The van der Waals surface area contributed by atoms with Crippen LogP contribution in [0.2, 0.25) is 0 Å². The summed E-state index contributed by atoms with van der Waals surface area (Å²) in [6, 6.07) is 0. The summed E-state index contributed by atoms with van der Waals surface area (Å²) < 4.78 is 0. The standard InChI is InChI=1S/C6H8N2O/c1-3-4-6(7-2)8-5-9/h3-5H,1-2H2,(H,8,9)/b6-4+. The molecule has 0 saturated heterocycles. The highest BCUT2D eigenvalue weighted by Crippen LogP contribution is 1.86. The summed E-state index contributed by atoms with van der Waals surface area (Å²) in [7, 11) is 0. The molecule has 48 valence electrons. The smallest absolute Gasteiger partial charge is 0.212 e. The summed E-state index contributed by atoms with van der Waals surface area (Å²) in [4.78, 5) is 13.2. The molecule has 0 aromatic carbocycles. The van der Waals surface area contributed by atoms with Crippen molar-refractivity contribution in [3.05, 3.63) is 24.6 Å². The Bertz CT molecular complexity index is 149. The summed E-state index contributed by atoms with van der Waals surface area (Å²) in [6.07, 6.45) is 3.59. The molecule has 0 saturated carbocycles. The van der Waals surface area contributed by atoms with E-state index in [-0.39, 0.29) is 0 Å². The Morgan fingerprint density at radius 3 is 2.67 bits per heavy atom. The third-order valence-corrected chi connectivity index (χ3v) is 0.653. The van der Waals surface area contributed by atoms with Gasteiger partial charge in [-0.3, -0.25) is 4.79 Å². The van der Waals surface area contributed by atoms with Gasteiger partial charge in [-0.25, -0.2) is 4.99 Å². The van der Waals surface area contributed by atoms with Crippen molar-refractivity contribution in [3.63, 3.8) is 0 Å². The van der Waals surface area contributed by atoms with Crippen LogP contribution in [-0.2, 0) is 4.79 Å². The Morgan fingerprint density at radius 2 is 2.33 bits per heavy atom. The number of carbonyl (C=O) groups excluding carboxylic acids is 1. The van der Waals surface area contributed by atoms with Crippen molar-refractivity contribution in [1.82, 2.24) is 5.32 Å². The summed E-state index contributed by atoms with van der Waals surface area (Å²) in [6.45, 7) is 6.62. The fraction of sp³-hybridized carbons (Fsp3) is 0. The second kappa shape index (κ2) is 4.77. The Balaban J connectivity index is 3.95. The second-order valence-corrected chi connectivity index (χ2v) is 1.21. The minimum Gasteiger partial charge on any atom is -0.313 e. The number of nitrogens with one attached hydrogen (secondary N) is 1. The molecule has 0 radical (unpaired) electrons. The first-order chi connectivity index (χ1) is 4.35. The van der Waals surface area contributed by atoms with Gasteiger partial charge in [0.15, 0.2) is 0 Å². The highest BCUT2D eigenvalue weighted by Gasteiger charge is 1.82. The molecular weight excluding hydrogens is 116 g/mol. The summed E-state index contributed by atoms with van der Waals surface area (Å²) in [5.41, 5.74) is 0. The van der Waals surface area contributed by atoms with E-state index < -0.39 is 0 Å². The Hall–Kier alpha value is -1.38. The van der Waals surface area contributed by atoms with Gasteiger partial charge in [0, 0.05) is 0 Å². The maximum Gasteiger partial charge on any atom is 0.212 e. The fourth-order valence-corrected chi connectivity index (χ4v) is 0.318. The molecular formula is C6H8N2O. The van der Waals surface area contributed by atoms with E-state index >= 15 is 0 Å². The van der Waals surface area contributed by atoms with Gasteiger partial charge in [0.2, 0.25) is 6.41 Å². The van der Waals surface area contributed by atoms with E-state index in [0.717, 1.165) is 0 Å². The van der Waals surface area contributed by atoms with Crippen molar-refractivity contribution >= 4 is 13.1 Å². The van der Waals surface area contributed by atoms with Crippen LogP contribution >= 0.6 is 0 Å². The number of amides is 1. The first-order valence-electron chi connectivity index (χ1n) is 2.34. The minimum absolute atomic E-state index is 0.403. The molecule has 1 N–H and O–H groups in total. The molecule has 0 aromatic rings. The van der Waals surface area contributed by atoms with E-state index in [4.69, 9.17) is 0 Å². The highest BCUT2D eigenvalue weighted by molar-refractivity contribution is 5.51. The number of aliphatic imine (C=N–C) groups is 1. The maximum absolute atomic E-state index is 9.77. The number of rotatable bonds is 4. The van der Waals surface area contributed by atoms with Crippen LogP contribution in [0.25, 0.3) is 0 Å². The number of carbonyl (C=O) groups is 1. The lowest BCUT2D eigenvalue weighted by atomic mass is 10.5. The van der Waals surface area contributed by atoms with Gasteiger partial charge in [-0.2, -0.15) is 0 Å². The molecule has 0 fully saturated rings. The molecule has 0 unspecified atom stereocenters. The molecule has 1 amide bonds. The molecule has 9 heavy (non-hydrogen) atoms. The molecule has 0 aliphatic heterocycles. The van der Waals surface area contributed by atoms with Crippen LogP contribution in [0.3, 0.4) is 0 Å². The molecule has 0 spiro atoms. The predicted molar refractivity (Wildman–Crippen MR) is 37.0 cm³/mol. The molecule has 0 aromatic heterocycles. The van der Waals surface area contributed by atoms with Gasteiger partial charge in [-0.05, 0) is 12.8 Å². The summed E-state index contributed by atoms with van der Waals surface area (Å²) in [5, 5.41) is 2.31. The first kappa shape index (κ1) is 7.62. The van der Waals surface area contributed by atoms with Crippen LogP contribution in [-0.4, -0.2) is 13.1 Å². The second-order valence-electron chi connectivity index (χ2n) is 1.21. The van der Waals surface area contributed by atoms with Crippen LogP contribution in [0, 0.1) is 0 Å². The van der Waals surface area contributed by atoms with Crippen molar-refractivity contribution in [2.45, 2.75) is 0 Å². The average molecular weight is 124 g/mol. The van der Waals surface area contributed by atoms with Crippen molar-refractivity contribution in [1.29, 1.82) is 0 Å². The minimum atomic E-state index is 0.403. The lowest BCUT2D eigenvalue weighted by molar-refractivity contribution is -0.108. The largest absolute Gasteiger partial charge is 0.313 e. The molecule has 0 aliphatic rings. The third-order valence-electron chi connectivity index (χ3n) is 0.653. The normalized spacial score (nSPS) is 10.0. The molecule has 0 rings (SSSR count). The molecule has 0 bridgehead atoms. The first-order valence-corrected chi connectivity index (χ1v) is 2.34. The van der Waals surface area contributed by atoms with Crippen LogP contribution in [0.15, 0.2) is 29.5 Å². The topological polar surface area (TPSA) is 41.5 Å². The number of hydrogen-bond donors (Lipinski definition) is 1. The summed E-state index contributed by atoms with van der Waals surface area (Å²) >= 11 is 0. The van der Waals surface area contributed by atoms with Gasteiger partial charge in [-0.15, -0.1) is 0 Å². The van der Waals surface area contributed by atoms with E-state index in [0.29, 0.717) is 12.2 Å². The fourth-order valence-electron chi connectivity index (χ4n) is 0.318. The van der Waals surface area contributed by atoms with E-state index in [1.165, 1.54) is 6.08 Å². The molecule has 0 aliphatic carbocycles. The van der Waals surface area contributed by atoms with Gasteiger partial charge in [0.1, 0.15) is 5.82 Å². The van der Waals surface area contributed by atoms with E-state index in [9.17, 15) is 4.79 Å². The van der Waals surface area contributed by atoms with Crippen molar-refractivity contribution in [2.75, 3.05) is 0 Å². The van der Waals surface area contributed by atoms with Crippen LogP contribution in [0.1, 0.15) is 0 Å². The number of allylic oxidation sites excluding steroid dienone is 2. The number of nitrogens with zero attached hydrogens (tertiary/aromatic N) is 1. The molecule has 0 heterocycles. The molecule has 0 atom stereocenters. The van der Waals surface area contributed by atoms with Gasteiger partial charge < -0.3 is 5.32 Å². The van der Waals surface area contributed by atoms with Crippen molar-refractivity contribution < 1.29 is 4.79 Å². The Kier molecular flexibility index (Phi) is 4.04. The van der Waals surface area contributed by atoms with Crippen LogP contribution in [0.4, 0.5) is 0 Å². The summed E-state index contributed by atoms with van der Waals surface area (Å²) in [5.74, 6) is 0.403. The zero-order valence-corrected chi connectivity index (χ0v) is 5.00. The molecule has 3 heteroatoms. The van der Waals surface area contributed by atoms with Crippen LogP contribution < -0.4 is 5.32 Å². The Morgan fingerprint density at radius 1 is 1.67 bits per heavy atom. The quantitative estimate of drug-likeness (QED) is 0.330. The number of hydrogen-bond acceptors (Lipinski definition) is 2. The predicted octanol–water partition coefficient (Wildman–Crippen LogP) is 0.460. The van der Waals surface area contributed by atoms with E-state index in [2.05, 4.69) is 23.6 Å². The van der Waals surface area contributed by atoms with Gasteiger partial charge in [0.05, 0.1) is 0 Å². The van der Waals surface area contributed by atoms with Crippen LogP contribution in [0.5, 0.6) is 0 Å². The van der Waals surface area contributed by atoms with Crippen molar-refractivity contribution in [3.8, 4) is 0 Å². The van der Waals surface area contributed by atoms with E-state index in [1.807, 2.05) is 0 Å². The van der Waals surface area contributed by atoms with Gasteiger partial charge in [-0.1, -0.05) is 12.7 Å². The third kappa shape index (κ3) is 3.22. The average Bonchev–Trinajstić information content (AvgIpc) is 1.88. The zero-order valence-electron chi connectivity index (χ0n) is 5.00. The lowest BCUT2D eigenvalue weighted by Crippen LogP contribution is -2.07. The highest BCUT2D eigenvalue weighted by atomic mass is 16.1. The maximum atomic E-state index is 9.77. The zero-order chi connectivity index (χ0) is 7.11. The monoisotopic (exact) mass is 124 g/mol. The molecule has 3 nitrogen and oxygen atoms in total. The lowest BCUT2D eigenvalue weighted by Gasteiger charge is -1.92. The van der Waals surface area contributed by atoms with E-state index in [1.54, 1.807) is 6.08 Å². The van der Waals surface area contributed by atoms with Gasteiger partial charge >= 0.3 is 0 Å². The van der Waals surface area contributed by atoms with Crippen molar-refractivity contribution in [2.24, 2.45) is 4.99 Å². The SMILES string of the molecule is C=C/C=C(\N=C)NC=O. The Labute approximate surface area is 53.8 Å². The van der Waals surface area contributed by atoms with Gasteiger partial charge in [0.25, 0.3) is 0 Å².